The zero-order valence-electron chi connectivity index (χ0n) is 13.2. The van der Waals surface area contributed by atoms with Gasteiger partial charge in [-0.25, -0.2) is 0 Å². The van der Waals surface area contributed by atoms with Crippen molar-refractivity contribution in [2.45, 2.75) is 64.6 Å². The number of aryl methyl sites for hydroxylation is 1. The van der Waals surface area contributed by atoms with Crippen molar-refractivity contribution in [1.82, 2.24) is 5.32 Å². The first kappa shape index (κ1) is 15.8. The van der Waals surface area contributed by atoms with Gasteiger partial charge in [0, 0.05) is 12.1 Å². The molecule has 1 aliphatic rings. The molecule has 0 radical (unpaired) electrons. The van der Waals surface area contributed by atoms with Crippen molar-refractivity contribution in [3.8, 4) is 5.75 Å². The van der Waals surface area contributed by atoms with Gasteiger partial charge in [-0.15, -0.1) is 0 Å². The number of amides is 1. The van der Waals surface area contributed by atoms with Gasteiger partial charge in [0.15, 0.2) is 6.10 Å². The number of benzene rings is 1. The van der Waals surface area contributed by atoms with Crippen LogP contribution in [-0.4, -0.2) is 18.1 Å². The molecule has 0 fully saturated rings. The molecule has 3 atom stereocenters. The van der Waals surface area contributed by atoms with Crippen LogP contribution in [0.4, 0.5) is 0 Å². The van der Waals surface area contributed by atoms with Crippen LogP contribution in [0.25, 0.3) is 0 Å². The number of carbonyl (C=O) groups is 1. The summed E-state index contributed by atoms with van der Waals surface area (Å²) in [6.07, 6.45) is 3.64. The third kappa shape index (κ3) is 3.97. The number of fused-ring (bicyclic) bond motifs is 1. The first-order valence-corrected chi connectivity index (χ1v) is 7.86. The van der Waals surface area contributed by atoms with Gasteiger partial charge in [-0.1, -0.05) is 13.0 Å². The minimum absolute atomic E-state index is 0.0774. The van der Waals surface area contributed by atoms with Crippen molar-refractivity contribution < 1.29 is 9.53 Å². The van der Waals surface area contributed by atoms with Gasteiger partial charge in [-0.05, 0) is 62.8 Å². The van der Waals surface area contributed by atoms with Gasteiger partial charge in [-0.2, -0.15) is 0 Å². The molecule has 3 N–H and O–H groups in total. The summed E-state index contributed by atoms with van der Waals surface area (Å²) < 4.78 is 5.77. The number of hydrogen-bond acceptors (Lipinski definition) is 3. The summed E-state index contributed by atoms with van der Waals surface area (Å²) in [7, 11) is 0. The molecule has 1 amide bonds. The summed E-state index contributed by atoms with van der Waals surface area (Å²) in [5.74, 6) is 0.643. The van der Waals surface area contributed by atoms with Gasteiger partial charge in [0.2, 0.25) is 0 Å². The number of rotatable bonds is 5. The average molecular weight is 290 g/mol. The summed E-state index contributed by atoms with van der Waals surface area (Å²) in [6.45, 7) is 5.81. The molecule has 0 saturated carbocycles. The van der Waals surface area contributed by atoms with Crippen molar-refractivity contribution in [2.24, 2.45) is 5.73 Å². The van der Waals surface area contributed by atoms with Gasteiger partial charge in [0.1, 0.15) is 5.75 Å². The molecule has 2 unspecified atom stereocenters. The highest BCUT2D eigenvalue weighted by Gasteiger charge is 2.20. The number of hydrogen-bond donors (Lipinski definition) is 2. The largest absolute Gasteiger partial charge is 0.481 e. The first-order chi connectivity index (χ1) is 10.0. The van der Waals surface area contributed by atoms with E-state index in [4.69, 9.17) is 10.5 Å². The third-order valence-corrected chi connectivity index (χ3v) is 4.16. The zero-order valence-corrected chi connectivity index (χ0v) is 13.2. The lowest BCUT2D eigenvalue weighted by Gasteiger charge is -2.24. The highest BCUT2D eigenvalue weighted by Crippen LogP contribution is 2.31. The summed E-state index contributed by atoms with van der Waals surface area (Å²) in [6, 6.07) is 6.25. The smallest absolute Gasteiger partial charge is 0.260 e. The zero-order chi connectivity index (χ0) is 15.4. The fraction of sp³-hybridized carbons (Fsp3) is 0.588. The number of nitrogens with two attached hydrogens (primary N) is 1. The van der Waals surface area contributed by atoms with Crippen LogP contribution in [-0.2, 0) is 11.2 Å². The lowest BCUT2D eigenvalue weighted by Crippen LogP contribution is -2.41. The molecule has 4 heteroatoms. The second-order valence-electron chi connectivity index (χ2n) is 5.94. The van der Waals surface area contributed by atoms with Crippen molar-refractivity contribution in [3.05, 3.63) is 29.3 Å². The second-order valence-corrected chi connectivity index (χ2v) is 5.94. The van der Waals surface area contributed by atoms with Crippen LogP contribution in [0.3, 0.4) is 0 Å². The molecule has 1 aromatic carbocycles. The van der Waals surface area contributed by atoms with Crippen molar-refractivity contribution >= 4 is 5.91 Å². The van der Waals surface area contributed by atoms with E-state index in [9.17, 15) is 4.79 Å². The predicted molar refractivity (Wildman–Crippen MR) is 84.3 cm³/mol. The molecule has 21 heavy (non-hydrogen) atoms. The Bertz CT molecular complexity index is 502. The lowest BCUT2D eigenvalue weighted by atomic mass is 9.88. The molecule has 0 spiro atoms. The molecule has 0 saturated heterocycles. The molecule has 0 aliphatic heterocycles. The van der Waals surface area contributed by atoms with Gasteiger partial charge in [0.25, 0.3) is 5.91 Å². The average Bonchev–Trinajstić information content (AvgIpc) is 2.47. The van der Waals surface area contributed by atoms with E-state index >= 15 is 0 Å². The Morgan fingerprint density at radius 1 is 1.48 bits per heavy atom. The molecule has 0 aromatic heterocycles. The number of carbonyl (C=O) groups excluding carboxylic acids is 1. The van der Waals surface area contributed by atoms with Crippen molar-refractivity contribution in [1.29, 1.82) is 0 Å². The minimum atomic E-state index is -0.503. The van der Waals surface area contributed by atoms with Crippen LogP contribution in [0.1, 0.15) is 57.2 Å². The first-order valence-electron chi connectivity index (χ1n) is 7.86. The quantitative estimate of drug-likeness (QED) is 0.876. The van der Waals surface area contributed by atoms with E-state index in [1.165, 1.54) is 5.56 Å². The molecule has 2 rings (SSSR count). The van der Waals surface area contributed by atoms with E-state index in [0.717, 1.165) is 37.0 Å². The highest BCUT2D eigenvalue weighted by molar-refractivity contribution is 5.80. The van der Waals surface area contributed by atoms with E-state index < -0.39 is 6.10 Å². The van der Waals surface area contributed by atoms with E-state index in [-0.39, 0.29) is 18.0 Å². The number of nitrogens with one attached hydrogen (secondary N) is 1. The lowest BCUT2D eigenvalue weighted by molar-refractivity contribution is -0.127. The number of ether oxygens (including phenoxy) is 1. The maximum atomic E-state index is 12.0. The molecular formula is C17H26N2O2. The Morgan fingerprint density at radius 2 is 2.24 bits per heavy atom. The maximum absolute atomic E-state index is 12.0. The Kier molecular flexibility index (Phi) is 5.23. The molecule has 0 heterocycles. The molecule has 1 aromatic rings. The Labute approximate surface area is 127 Å². The van der Waals surface area contributed by atoms with Gasteiger partial charge >= 0.3 is 0 Å². The van der Waals surface area contributed by atoms with Crippen LogP contribution in [0, 0.1) is 0 Å². The third-order valence-electron chi connectivity index (χ3n) is 4.16. The van der Waals surface area contributed by atoms with E-state index in [2.05, 4.69) is 11.4 Å². The normalized spacial score (nSPS) is 20.3. The van der Waals surface area contributed by atoms with Crippen LogP contribution in [0.2, 0.25) is 0 Å². The van der Waals surface area contributed by atoms with Gasteiger partial charge in [-0.3, -0.25) is 4.79 Å². The fourth-order valence-electron chi connectivity index (χ4n) is 2.61. The summed E-state index contributed by atoms with van der Waals surface area (Å²) >= 11 is 0. The molecule has 0 bridgehead atoms. The Balaban J connectivity index is 2.03. The van der Waals surface area contributed by atoms with E-state index in [0.29, 0.717) is 0 Å². The summed E-state index contributed by atoms with van der Waals surface area (Å²) in [5.41, 5.74) is 8.62. The van der Waals surface area contributed by atoms with Gasteiger partial charge < -0.3 is 15.8 Å². The Hall–Kier alpha value is -1.55. The summed E-state index contributed by atoms with van der Waals surface area (Å²) in [5, 5.41) is 2.93. The highest BCUT2D eigenvalue weighted by atomic mass is 16.5. The predicted octanol–water partition coefficient (Wildman–Crippen LogP) is 2.70. The molecule has 116 valence electrons. The second kappa shape index (κ2) is 6.94. The van der Waals surface area contributed by atoms with Crippen molar-refractivity contribution in [3.63, 3.8) is 0 Å². The monoisotopic (exact) mass is 290 g/mol. The SMILES string of the molecule is CCC(C)NC(=O)C(C)Oc1ccc2c(c1)[C@@H](N)CCC2. The Morgan fingerprint density at radius 3 is 2.95 bits per heavy atom. The molecule has 1 aliphatic carbocycles. The van der Waals surface area contributed by atoms with Crippen molar-refractivity contribution in [2.75, 3.05) is 0 Å². The molecular weight excluding hydrogens is 264 g/mol. The molecule has 4 nitrogen and oxygen atoms in total. The summed E-state index contributed by atoms with van der Waals surface area (Å²) in [4.78, 5) is 12.0. The van der Waals surface area contributed by atoms with Gasteiger partial charge in [0.05, 0.1) is 0 Å². The van der Waals surface area contributed by atoms with Crippen LogP contribution in [0.15, 0.2) is 18.2 Å². The standard InChI is InChI=1S/C17H26N2O2/c1-4-11(2)19-17(20)12(3)21-14-9-8-13-6-5-7-16(18)15(13)10-14/h8-12,16H,4-7,18H2,1-3H3,(H,19,20)/t11?,12?,16-/m0/s1. The minimum Gasteiger partial charge on any atom is -0.481 e. The van der Waals surface area contributed by atoms with E-state index in [1.54, 1.807) is 6.92 Å². The topological polar surface area (TPSA) is 64.3 Å². The van der Waals surface area contributed by atoms with Crippen LogP contribution >= 0.6 is 0 Å². The van der Waals surface area contributed by atoms with Crippen LogP contribution < -0.4 is 15.8 Å². The van der Waals surface area contributed by atoms with Crippen LogP contribution in [0.5, 0.6) is 5.75 Å². The maximum Gasteiger partial charge on any atom is 0.260 e. The fourth-order valence-corrected chi connectivity index (χ4v) is 2.61. The van der Waals surface area contributed by atoms with E-state index in [1.807, 2.05) is 26.0 Å².